The van der Waals surface area contributed by atoms with Gasteiger partial charge >= 0.3 is 6.09 Å². The van der Waals surface area contributed by atoms with E-state index in [1.807, 2.05) is 0 Å². The second-order valence-corrected chi connectivity index (χ2v) is 8.35. The van der Waals surface area contributed by atoms with E-state index in [0.717, 1.165) is 0 Å². The first kappa shape index (κ1) is 24.3. The van der Waals surface area contributed by atoms with Crippen LogP contribution in [0.3, 0.4) is 0 Å². The Morgan fingerprint density at radius 1 is 1.06 bits per heavy atom. The summed E-state index contributed by atoms with van der Waals surface area (Å²) in [6.07, 6.45) is 0.915. The molecule has 1 saturated heterocycles. The Kier molecular flexibility index (Phi) is 8.53. The standard InChI is InChI=1S/C22H33N3O6/c1-22(2,3)31-21(28)23-12-9-18(26)24-15-10-13-25(14-11-15)20(27)19-16(29-4)7-6-8-17(19)30-5/h6-8,15H,9-14H2,1-5H3,(H,23,28)(H,24,26). The molecule has 0 radical (unpaired) electrons. The van der Waals surface area contributed by atoms with Crippen LogP contribution in [0.1, 0.15) is 50.4 Å². The van der Waals surface area contributed by atoms with Crippen molar-refractivity contribution in [2.75, 3.05) is 33.9 Å². The monoisotopic (exact) mass is 435 g/mol. The molecular weight excluding hydrogens is 402 g/mol. The molecule has 0 bridgehead atoms. The number of rotatable bonds is 7. The lowest BCUT2D eigenvalue weighted by molar-refractivity contribution is -0.121. The first-order chi connectivity index (χ1) is 14.6. The molecule has 31 heavy (non-hydrogen) atoms. The van der Waals surface area contributed by atoms with Crippen molar-refractivity contribution in [2.24, 2.45) is 0 Å². The van der Waals surface area contributed by atoms with Gasteiger partial charge in [-0.2, -0.15) is 0 Å². The molecule has 1 heterocycles. The number of nitrogens with one attached hydrogen (secondary N) is 2. The summed E-state index contributed by atoms with van der Waals surface area (Å²) in [6.45, 7) is 6.56. The van der Waals surface area contributed by atoms with Crippen molar-refractivity contribution >= 4 is 17.9 Å². The van der Waals surface area contributed by atoms with Crippen LogP contribution >= 0.6 is 0 Å². The Bertz CT molecular complexity index is 760. The van der Waals surface area contributed by atoms with Gasteiger partial charge in [0.2, 0.25) is 5.91 Å². The molecule has 0 aromatic heterocycles. The molecule has 1 aromatic carbocycles. The zero-order chi connectivity index (χ0) is 23.0. The van der Waals surface area contributed by atoms with Crippen LogP contribution in [0.4, 0.5) is 4.79 Å². The van der Waals surface area contributed by atoms with E-state index in [1.54, 1.807) is 43.9 Å². The highest BCUT2D eigenvalue weighted by molar-refractivity contribution is 5.99. The van der Waals surface area contributed by atoms with Crippen molar-refractivity contribution in [3.63, 3.8) is 0 Å². The van der Waals surface area contributed by atoms with Gasteiger partial charge in [-0.3, -0.25) is 9.59 Å². The average Bonchev–Trinajstić information content (AvgIpc) is 2.71. The summed E-state index contributed by atoms with van der Waals surface area (Å²) in [4.78, 5) is 38.5. The first-order valence-corrected chi connectivity index (χ1v) is 10.4. The fourth-order valence-electron chi connectivity index (χ4n) is 3.34. The number of methoxy groups -OCH3 is 2. The van der Waals surface area contributed by atoms with E-state index in [4.69, 9.17) is 14.2 Å². The zero-order valence-corrected chi connectivity index (χ0v) is 18.9. The minimum absolute atomic E-state index is 0.0161. The molecular formula is C22H33N3O6. The van der Waals surface area contributed by atoms with Gasteiger partial charge in [-0.15, -0.1) is 0 Å². The van der Waals surface area contributed by atoms with Gasteiger partial charge in [0, 0.05) is 32.1 Å². The number of amides is 3. The molecule has 2 rings (SSSR count). The first-order valence-electron chi connectivity index (χ1n) is 10.4. The minimum atomic E-state index is -0.578. The van der Waals surface area contributed by atoms with E-state index in [1.165, 1.54) is 14.2 Å². The molecule has 0 aliphatic carbocycles. The number of likely N-dealkylation sites (tertiary alicyclic amines) is 1. The van der Waals surface area contributed by atoms with Gasteiger partial charge in [0.15, 0.2) is 0 Å². The number of nitrogens with zero attached hydrogens (tertiary/aromatic N) is 1. The Labute approximate surface area is 183 Å². The van der Waals surface area contributed by atoms with Crippen LogP contribution in [0.5, 0.6) is 11.5 Å². The largest absolute Gasteiger partial charge is 0.496 e. The highest BCUT2D eigenvalue weighted by Crippen LogP contribution is 2.30. The summed E-state index contributed by atoms with van der Waals surface area (Å²) in [6, 6.07) is 5.22. The quantitative estimate of drug-likeness (QED) is 0.681. The predicted molar refractivity (Wildman–Crippen MR) is 115 cm³/mol. The summed E-state index contributed by atoms with van der Waals surface area (Å²) in [5.74, 6) is 0.641. The Balaban J connectivity index is 1.79. The van der Waals surface area contributed by atoms with E-state index in [2.05, 4.69) is 10.6 Å². The summed E-state index contributed by atoms with van der Waals surface area (Å²) in [5.41, 5.74) is -0.172. The molecule has 3 amide bonds. The van der Waals surface area contributed by atoms with Crippen molar-refractivity contribution in [2.45, 2.75) is 51.7 Å². The lowest BCUT2D eigenvalue weighted by Gasteiger charge is -2.33. The van der Waals surface area contributed by atoms with Gasteiger partial charge in [0.05, 0.1) is 14.2 Å². The van der Waals surface area contributed by atoms with Gasteiger partial charge < -0.3 is 29.7 Å². The molecule has 0 saturated carbocycles. The van der Waals surface area contributed by atoms with Crippen LogP contribution < -0.4 is 20.1 Å². The number of carbonyl (C=O) groups is 3. The molecule has 0 unspecified atom stereocenters. The molecule has 9 heteroatoms. The number of alkyl carbamates (subject to hydrolysis) is 1. The molecule has 172 valence electrons. The molecule has 1 fully saturated rings. The molecule has 0 atom stereocenters. The van der Waals surface area contributed by atoms with Crippen LogP contribution in [-0.2, 0) is 9.53 Å². The number of hydrogen-bond donors (Lipinski definition) is 2. The second-order valence-electron chi connectivity index (χ2n) is 8.35. The average molecular weight is 436 g/mol. The van der Waals surface area contributed by atoms with Gasteiger partial charge in [-0.05, 0) is 45.7 Å². The Morgan fingerprint density at radius 2 is 1.65 bits per heavy atom. The van der Waals surface area contributed by atoms with E-state index in [9.17, 15) is 14.4 Å². The van der Waals surface area contributed by atoms with Gasteiger partial charge in [0.25, 0.3) is 5.91 Å². The fraction of sp³-hybridized carbons (Fsp3) is 0.591. The molecule has 0 spiro atoms. The molecule has 1 aliphatic heterocycles. The maximum Gasteiger partial charge on any atom is 0.407 e. The van der Waals surface area contributed by atoms with E-state index in [-0.39, 0.29) is 30.8 Å². The summed E-state index contributed by atoms with van der Waals surface area (Å²) in [5, 5.41) is 5.54. The molecule has 1 aliphatic rings. The fourth-order valence-corrected chi connectivity index (χ4v) is 3.34. The van der Waals surface area contributed by atoms with Crippen LogP contribution in [0.15, 0.2) is 18.2 Å². The molecule has 9 nitrogen and oxygen atoms in total. The number of carbonyl (C=O) groups excluding carboxylic acids is 3. The SMILES string of the molecule is COc1cccc(OC)c1C(=O)N1CCC(NC(=O)CCNC(=O)OC(C)(C)C)CC1. The predicted octanol–water partition coefficient (Wildman–Crippen LogP) is 2.34. The van der Waals surface area contributed by atoms with Crippen molar-refractivity contribution in [1.29, 1.82) is 0 Å². The minimum Gasteiger partial charge on any atom is -0.496 e. The topological polar surface area (TPSA) is 106 Å². The zero-order valence-electron chi connectivity index (χ0n) is 18.9. The Morgan fingerprint density at radius 3 is 2.16 bits per heavy atom. The van der Waals surface area contributed by atoms with Crippen molar-refractivity contribution in [1.82, 2.24) is 15.5 Å². The number of benzene rings is 1. The van der Waals surface area contributed by atoms with Crippen molar-refractivity contribution in [3.8, 4) is 11.5 Å². The third kappa shape index (κ3) is 7.34. The van der Waals surface area contributed by atoms with E-state index >= 15 is 0 Å². The summed E-state index contributed by atoms with van der Waals surface area (Å²) < 4.78 is 15.8. The number of ether oxygens (including phenoxy) is 3. The second kappa shape index (κ2) is 10.9. The highest BCUT2D eigenvalue weighted by atomic mass is 16.6. The maximum absolute atomic E-state index is 13.0. The molecule has 1 aromatic rings. The van der Waals surface area contributed by atoms with Crippen molar-refractivity contribution < 1.29 is 28.6 Å². The van der Waals surface area contributed by atoms with Crippen LogP contribution in [0.25, 0.3) is 0 Å². The van der Waals surface area contributed by atoms with Crippen LogP contribution in [-0.4, -0.2) is 68.3 Å². The number of hydrogen-bond acceptors (Lipinski definition) is 6. The van der Waals surface area contributed by atoms with E-state index in [0.29, 0.717) is 43.0 Å². The van der Waals surface area contributed by atoms with Crippen LogP contribution in [0, 0.1) is 0 Å². The smallest absolute Gasteiger partial charge is 0.407 e. The summed E-state index contributed by atoms with van der Waals surface area (Å²) in [7, 11) is 3.04. The van der Waals surface area contributed by atoms with Crippen LogP contribution in [0.2, 0.25) is 0 Å². The van der Waals surface area contributed by atoms with Gasteiger partial charge in [0.1, 0.15) is 22.7 Å². The molecule has 2 N–H and O–H groups in total. The lowest BCUT2D eigenvalue weighted by Crippen LogP contribution is -2.47. The van der Waals surface area contributed by atoms with Gasteiger partial charge in [-0.1, -0.05) is 6.07 Å². The third-order valence-electron chi connectivity index (χ3n) is 4.81. The Hall–Kier alpha value is -2.97. The lowest BCUT2D eigenvalue weighted by atomic mass is 10.0. The van der Waals surface area contributed by atoms with E-state index < -0.39 is 11.7 Å². The van der Waals surface area contributed by atoms with Crippen molar-refractivity contribution in [3.05, 3.63) is 23.8 Å². The normalized spacial score (nSPS) is 14.5. The summed E-state index contributed by atoms with van der Waals surface area (Å²) >= 11 is 0. The highest BCUT2D eigenvalue weighted by Gasteiger charge is 2.28. The maximum atomic E-state index is 13.0. The third-order valence-corrected chi connectivity index (χ3v) is 4.81. The van der Waals surface area contributed by atoms with Gasteiger partial charge in [-0.25, -0.2) is 4.79 Å². The number of piperidine rings is 1.